The number of nitrogens with one attached hydrogen (secondary N) is 1. The first kappa shape index (κ1) is 22.5. The summed E-state index contributed by atoms with van der Waals surface area (Å²) in [5.41, 5.74) is 1.07. The molecule has 0 radical (unpaired) electrons. The summed E-state index contributed by atoms with van der Waals surface area (Å²) in [7, 11) is -3.75. The van der Waals surface area contributed by atoms with E-state index in [4.69, 9.17) is 4.74 Å². The third kappa shape index (κ3) is 5.04. The van der Waals surface area contributed by atoms with Crippen LogP contribution in [-0.4, -0.2) is 49.2 Å². The van der Waals surface area contributed by atoms with E-state index < -0.39 is 16.0 Å². The largest absolute Gasteiger partial charge is 0.422 e. The van der Waals surface area contributed by atoms with Crippen LogP contribution in [0.25, 0.3) is 0 Å². The smallest absolute Gasteiger partial charge is 0.355 e. The highest BCUT2D eigenvalue weighted by molar-refractivity contribution is 7.99. The zero-order chi connectivity index (χ0) is 22.6. The highest BCUT2D eigenvalue weighted by Gasteiger charge is 2.31. The van der Waals surface area contributed by atoms with Gasteiger partial charge in [-0.05, 0) is 47.8 Å². The fourth-order valence-electron chi connectivity index (χ4n) is 3.13. The number of thiophene rings is 1. The number of hydrogen-bond acceptors (Lipinski definition) is 7. The van der Waals surface area contributed by atoms with Crippen LogP contribution in [-0.2, 0) is 10.0 Å². The third-order valence-corrected chi connectivity index (χ3v) is 8.67. The monoisotopic (exact) mass is 488 g/mol. The number of thioether (sulfide) groups is 1. The maximum atomic E-state index is 13.0. The number of anilines is 1. The fraction of sp³-hybridized carbons (Fsp3) is 0.182. The quantitative estimate of drug-likeness (QED) is 0.417. The summed E-state index contributed by atoms with van der Waals surface area (Å²) in [5.74, 6) is 0.733. The van der Waals surface area contributed by atoms with Gasteiger partial charge in [-0.2, -0.15) is 16.1 Å². The summed E-state index contributed by atoms with van der Waals surface area (Å²) in [6.07, 6.45) is 0. The van der Waals surface area contributed by atoms with Crippen molar-refractivity contribution in [2.45, 2.75) is 4.90 Å². The molecule has 1 fully saturated rings. The average molecular weight is 489 g/mol. The lowest BCUT2D eigenvalue weighted by molar-refractivity contribution is 0.0735. The van der Waals surface area contributed by atoms with E-state index in [1.165, 1.54) is 10.4 Å². The molecule has 7 nitrogen and oxygen atoms in total. The van der Waals surface area contributed by atoms with Gasteiger partial charge in [-0.15, -0.1) is 11.3 Å². The van der Waals surface area contributed by atoms with Crippen LogP contribution < -0.4 is 10.1 Å². The van der Waals surface area contributed by atoms with Crippen molar-refractivity contribution in [1.82, 2.24) is 4.31 Å². The highest BCUT2D eigenvalue weighted by atomic mass is 32.2. The molecule has 0 unspecified atom stereocenters. The Bertz CT molecular complexity index is 1200. The summed E-state index contributed by atoms with van der Waals surface area (Å²) in [4.78, 5) is 25.0. The number of ether oxygens (including phenoxy) is 1. The zero-order valence-corrected chi connectivity index (χ0v) is 19.3. The van der Waals surface area contributed by atoms with Gasteiger partial charge in [0.2, 0.25) is 10.0 Å². The van der Waals surface area contributed by atoms with Crippen molar-refractivity contribution in [2.75, 3.05) is 29.9 Å². The second-order valence-corrected chi connectivity index (χ2v) is 10.9. The maximum absolute atomic E-state index is 13.0. The average Bonchev–Trinajstić information content (AvgIpc) is 3.33. The third-order valence-electron chi connectivity index (χ3n) is 4.76. The number of carbonyl (C=O) groups is 2. The van der Waals surface area contributed by atoms with Crippen molar-refractivity contribution in [1.29, 1.82) is 0 Å². The molecule has 2 heterocycles. The molecule has 1 aliphatic heterocycles. The van der Waals surface area contributed by atoms with Crippen LogP contribution in [0.1, 0.15) is 20.0 Å². The normalized spacial score (nSPS) is 14.6. The van der Waals surface area contributed by atoms with Gasteiger partial charge in [0.25, 0.3) is 5.91 Å². The molecule has 0 bridgehead atoms. The maximum Gasteiger partial charge on any atom is 0.355 e. The van der Waals surface area contributed by atoms with Crippen molar-refractivity contribution >= 4 is 50.7 Å². The van der Waals surface area contributed by atoms with Crippen molar-refractivity contribution in [3.63, 3.8) is 0 Å². The van der Waals surface area contributed by atoms with Crippen LogP contribution in [0, 0.1) is 0 Å². The lowest BCUT2D eigenvalue weighted by Crippen LogP contribution is -2.38. The Labute approximate surface area is 194 Å². The predicted molar refractivity (Wildman–Crippen MR) is 126 cm³/mol. The Kier molecular flexibility index (Phi) is 6.95. The Morgan fingerprint density at radius 1 is 0.938 bits per heavy atom. The molecule has 1 aromatic heterocycles. The molecule has 166 valence electrons. The number of esters is 1. The molecule has 4 rings (SSSR count). The molecule has 0 atom stereocenters. The minimum atomic E-state index is -3.75. The topological polar surface area (TPSA) is 92.8 Å². The molecule has 10 heteroatoms. The summed E-state index contributed by atoms with van der Waals surface area (Å²) in [5, 5.41) is 4.34. The number of amides is 1. The van der Waals surface area contributed by atoms with Crippen LogP contribution in [0.2, 0.25) is 0 Å². The van der Waals surface area contributed by atoms with Crippen LogP contribution >= 0.6 is 23.1 Å². The van der Waals surface area contributed by atoms with Gasteiger partial charge in [-0.1, -0.05) is 18.2 Å². The van der Waals surface area contributed by atoms with Gasteiger partial charge in [-0.3, -0.25) is 4.79 Å². The van der Waals surface area contributed by atoms with Crippen LogP contribution in [0.5, 0.6) is 5.75 Å². The summed E-state index contributed by atoms with van der Waals surface area (Å²) in [6.45, 7) is 0.848. The molecule has 1 N–H and O–H groups in total. The lowest BCUT2D eigenvalue weighted by atomic mass is 10.2. The van der Waals surface area contributed by atoms with E-state index in [1.54, 1.807) is 65.7 Å². The molecule has 0 spiro atoms. The van der Waals surface area contributed by atoms with Crippen LogP contribution in [0.4, 0.5) is 5.69 Å². The van der Waals surface area contributed by atoms with E-state index in [0.717, 1.165) is 22.8 Å². The molecule has 0 aliphatic carbocycles. The minimum Gasteiger partial charge on any atom is -0.422 e. The molecular weight excluding hydrogens is 468 g/mol. The number of rotatable bonds is 6. The molecule has 1 amide bonds. The van der Waals surface area contributed by atoms with Gasteiger partial charge < -0.3 is 10.1 Å². The van der Waals surface area contributed by atoms with E-state index in [1.807, 2.05) is 6.07 Å². The number of nitrogens with zero attached hydrogens (tertiary/aromatic N) is 1. The highest BCUT2D eigenvalue weighted by Crippen LogP contribution is 2.28. The van der Waals surface area contributed by atoms with Crippen LogP contribution in [0.15, 0.2) is 70.9 Å². The van der Waals surface area contributed by atoms with Gasteiger partial charge in [0.05, 0.1) is 0 Å². The van der Waals surface area contributed by atoms with E-state index in [9.17, 15) is 18.0 Å². The number of carbonyl (C=O) groups excluding carboxylic acids is 2. The molecule has 0 saturated carbocycles. The summed E-state index contributed by atoms with van der Waals surface area (Å²) in [6, 6.07) is 16.6. The van der Waals surface area contributed by atoms with Crippen molar-refractivity contribution < 1.29 is 22.7 Å². The summed E-state index contributed by atoms with van der Waals surface area (Å²) >= 11 is 2.74. The Morgan fingerprint density at radius 2 is 1.62 bits per heavy atom. The SMILES string of the molecule is O=C(Nc1ccc(OC(=O)c2sccc2S(=O)(=O)N2CCSCC2)cc1)c1ccccc1. The number of sulfonamides is 1. The Morgan fingerprint density at radius 3 is 2.31 bits per heavy atom. The second-order valence-electron chi connectivity index (χ2n) is 6.86. The Hall–Kier alpha value is -2.66. The predicted octanol–water partition coefficient (Wildman–Crippen LogP) is 3.96. The van der Waals surface area contributed by atoms with Crippen molar-refractivity contribution in [3.05, 3.63) is 76.5 Å². The molecular formula is C22H20N2O5S3. The first-order valence-electron chi connectivity index (χ1n) is 9.79. The van der Waals surface area contributed by atoms with Gasteiger partial charge in [0, 0.05) is 35.8 Å². The second kappa shape index (κ2) is 9.86. The standard InChI is InChI=1S/C22H20N2O5S3/c25-21(16-4-2-1-3-5-16)23-17-6-8-18(9-7-17)29-22(26)20-19(10-13-31-20)32(27,28)24-11-14-30-15-12-24/h1-10,13H,11-12,14-15H2,(H,23,25). The fourth-order valence-corrected chi connectivity index (χ4v) is 6.97. The Balaban J connectivity index is 1.44. The van der Waals surface area contributed by atoms with E-state index >= 15 is 0 Å². The van der Waals surface area contributed by atoms with Crippen LogP contribution in [0.3, 0.4) is 0 Å². The van der Waals surface area contributed by atoms with Gasteiger partial charge in [0.15, 0.2) is 0 Å². The first-order valence-corrected chi connectivity index (χ1v) is 13.3. The lowest BCUT2D eigenvalue weighted by Gasteiger charge is -2.25. The van der Waals surface area contributed by atoms with E-state index in [2.05, 4.69) is 5.32 Å². The minimum absolute atomic E-state index is 0.0221. The van der Waals surface area contributed by atoms with Gasteiger partial charge in [0.1, 0.15) is 15.5 Å². The number of benzene rings is 2. The molecule has 1 saturated heterocycles. The number of hydrogen-bond donors (Lipinski definition) is 1. The molecule has 3 aromatic rings. The molecule has 2 aromatic carbocycles. The first-order chi connectivity index (χ1) is 15.4. The van der Waals surface area contributed by atoms with Gasteiger partial charge in [-0.25, -0.2) is 13.2 Å². The molecule has 32 heavy (non-hydrogen) atoms. The van der Waals surface area contributed by atoms with E-state index in [-0.39, 0.29) is 21.4 Å². The summed E-state index contributed by atoms with van der Waals surface area (Å²) < 4.78 is 32.7. The molecule has 1 aliphatic rings. The van der Waals surface area contributed by atoms with Crippen molar-refractivity contribution in [2.24, 2.45) is 0 Å². The van der Waals surface area contributed by atoms with Crippen molar-refractivity contribution in [3.8, 4) is 5.75 Å². The van der Waals surface area contributed by atoms with Gasteiger partial charge >= 0.3 is 5.97 Å². The van der Waals surface area contributed by atoms with E-state index in [0.29, 0.717) is 24.3 Å². The zero-order valence-electron chi connectivity index (χ0n) is 16.9.